The Morgan fingerprint density at radius 1 is 1.24 bits per heavy atom. The highest BCUT2D eigenvalue weighted by Crippen LogP contribution is 2.30. The van der Waals surface area contributed by atoms with Crippen molar-refractivity contribution in [3.63, 3.8) is 0 Å². The fraction of sp³-hybridized carbons (Fsp3) is 0.211. The lowest BCUT2D eigenvalue weighted by molar-refractivity contribution is -0.145. The molecule has 1 N–H and O–H groups in total. The molecule has 1 unspecified atom stereocenters. The van der Waals surface area contributed by atoms with Crippen LogP contribution in [0.15, 0.2) is 36.4 Å². The van der Waals surface area contributed by atoms with E-state index in [0.29, 0.717) is 22.2 Å². The molecule has 4 aromatic rings. The maximum atomic E-state index is 11.6. The molecule has 4 rings (SSSR count). The van der Waals surface area contributed by atoms with Gasteiger partial charge >= 0.3 is 5.97 Å². The van der Waals surface area contributed by atoms with Crippen molar-refractivity contribution in [2.45, 2.75) is 26.5 Å². The molecule has 10 heteroatoms. The highest BCUT2D eigenvalue weighted by atomic mass is 35.5. The first-order chi connectivity index (χ1) is 13.9. The van der Waals surface area contributed by atoms with Gasteiger partial charge in [-0.05, 0) is 25.1 Å². The van der Waals surface area contributed by atoms with Crippen molar-refractivity contribution in [3.05, 3.63) is 69.1 Å². The molecule has 0 saturated carbocycles. The number of carbonyl (C=O) groups excluding carboxylic acids is 1. The largest absolute Gasteiger partial charge is 0.449 e. The number of ether oxygens (including phenoxy) is 1. The average Bonchev–Trinajstić information content (AvgIpc) is 3.31. The monoisotopic (exact) mass is 430 g/mol. The molecular weight excluding hydrogens is 415 g/mol. The Morgan fingerprint density at radius 2 is 2.00 bits per heavy atom. The Labute approximate surface area is 175 Å². The highest BCUT2D eigenvalue weighted by molar-refractivity contribution is 6.36. The third-order valence-electron chi connectivity index (χ3n) is 4.51. The van der Waals surface area contributed by atoms with Gasteiger partial charge in [-0.1, -0.05) is 46.6 Å². The number of aromatic nitrogens is 6. The molecule has 0 aliphatic rings. The Hall–Kier alpha value is -2.97. The van der Waals surface area contributed by atoms with Gasteiger partial charge in [0.15, 0.2) is 6.10 Å². The molecule has 29 heavy (non-hydrogen) atoms. The van der Waals surface area contributed by atoms with Crippen LogP contribution in [-0.4, -0.2) is 36.4 Å². The standard InChI is InChI=1S/C19H16Cl2N6O2/c1-10-13-7-6-12(18(29-11(2)28)19-22-25-26-23-19)8-17(13)27(24-10)9-14-15(20)4-3-5-16(14)21/h3-8,18H,9H2,1-2H3,(H,22,23,25,26). The van der Waals surface area contributed by atoms with Gasteiger partial charge in [-0.25, -0.2) is 0 Å². The van der Waals surface area contributed by atoms with Crippen LogP contribution >= 0.6 is 23.2 Å². The summed E-state index contributed by atoms with van der Waals surface area (Å²) >= 11 is 12.7. The Morgan fingerprint density at radius 3 is 2.66 bits per heavy atom. The number of benzene rings is 2. The summed E-state index contributed by atoms with van der Waals surface area (Å²) in [5.41, 5.74) is 3.18. The first-order valence-corrected chi connectivity index (χ1v) is 9.50. The van der Waals surface area contributed by atoms with Crippen LogP contribution in [0.5, 0.6) is 0 Å². The first kappa shape index (κ1) is 19.4. The average molecular weight is 431 g/mol. The minimum absolute atomic E-state index is 0.261. The summed E-state index contributed by atoms with van der Waals surface area (Å²) in [6.45, 7) is 3.65. The molecular formula is C19H16Cl2N6O2. The van der Waals surface area contributed by atoms with Crippen molar-refractivity contribution in [2.75, 3.05) is 0 Å². The minimum Gasteiger partial charge on any atom is -0.449 e. The lowest BCUT2D eigenvalue weighted by Crippen LogP contribution is -2.12. The number of hydrogen-bond acceptors (Lipinski definition) is 6. The van der Waals surface area contributed by atoms with Crippen LogP contribution in [0, 0.1) is 6.92 Å². The summed E-state index contributed by atoms with van der Waals surface area (Å²) in [7, 11) is 0. The predicted molar refractivity (Wildman–Crippen MR) is 108 cm³/mol. The van der Waals surface area contributed by atoms with E-state index in [-0.39, 0.29) is 5.82 Å². The SMILES string of the molecule is CC(=O)OC(c1ccc2c(C)nn(Cc3c(Cl)cccc3Cl)c2c1)c1nn[nH]n1. The molecule has 2 aromatic heterocycles. The molecule has 0 radical (unpaired) electrons. The Kier molecular flexibility index (Phi) is 5.21. The van der Waals surface area contributed by atoms with Gasteiger partial charge in [0.1, 0.15) is 0 Å². The number of halogens is 2. The number of aromatic amines is 1. The lowest BCUT2D eigenvalue weighted by Gasteiger charge is -2.14. The molecule has 8 nitrogen and oxygen atoms in total. The molecule has 0 aliphatic carbocycles. The zero-order valence-corrected chi connectivity index (χ0v) is 17.1. The number of hydrogen-bond donors (Lipinski definition) is 1. The van der Waals surface area contributed by atoms with Gasteiger partial charge in [0.2, 0.25) is 5.82 Å². The third kappa shape index (κ3) is 3.81. The molecule has 0 saturated heterocycles. The number of nitrogens with one attached hydrogen (secondary N) is 1. The van der Waals surface area contributed by atoms with Gasteiger partial charge in [0, 0.05) is 33.5 Å². The number of nitrogens with zero attached hydrogens (tertiary/aromatic N) is 5. The third-order valence-corrected chi connectivity index (χ3v) is 5.22. The van der Waals surface area contributed by atoms with Crippen LogP contribution in [0.25, 0.3) is 10.9 Å². The summed E-state index contributed by atoms with van der Waals surface area (Å²) in [6, 6.07) is 11.1. The fourth-order valence-electron chi connectivity index (χ4n) is 3.19. The van der Waals surface area contributed by atoms with Gasteiger partial charge in [-0.3, -0.25) is 9.48 Å². The number of esters is 1. The summed E-state index contributed by atoms with van der Waals surface area (Å²) in [6.07, 6.45) is -0.789. The number of carbonyl (C=O) groups is 1. The van der Waals surface area contributed by atoms with Gasteiger partial charge < -0.3 is 4.74 Å². The zero-order chi connectivity index (χ0) is 20.5. The van der Waals surface area contributed by atoms with Crippen molar-refractivity contribution in [2.24, 2.45) is 0 Å². The topological polar surface area (TPSA) is 98.6 Å². The molecule has 0 amide bonds. The van der Waals surface area contributed by atoms with Gasteiger partial charge in [0.05, 0.1) is 17.8 Å². The van der Waals surface area contributed by atoms with E-state index in [0.717, 1.165) is 22.2 Å². The van der Waals surface area contributed by atoms with Crippen LogP contribution in [0.2, 0.25) is 10.0 Å². The van der Waals surface area contributed by atoms with Crippen molar-refractivity contribution in [1.29, 1.82) is 0 Å². The van der Waals surface area contributed by atoms with Crippen molar-refractivity contribution >= 4 is 40.1 Å². The number of aryl methyl sites for hydroxylation is 1. The van der Waals surface area contributed by atoms with E-state index in [9.17, 15) is 4.79 Å². The first-order valence-electron chi connectivity index (χ1n) is 8.74. The lowest BCUT2D eigenvalue weighted by atomic mass is 10.1. The summed E-state index contributed by atoms with van der Waals surface area (Å²) in [5.74, 6) is -0.191. The molecule has 2 heterocycles. The molecule has 0 aliphatic heterocycles. The maximum Gasteiger partial charge on any atom is 0.303 e. The van der Waals surface area contributed by atoms with Crippen LogP contribution in [-0.2, 0) is 16.1 Å². The van der Waals surface area contributed by atoms with E-state index in [1.54, 1.807) is 18.2 Å². The summed E-state index contributed by atoms with van der Waals surface area (Å²) in [5, 5.41) is 20.6. The molecule has 148 valence electrons. The predicted octanol–water partition coefficient (Wildman–Crippen LogP) is 3.87. The molecule has 0 spiro atoms. The van der Waals surface area contributed by atoms with Crippen molar-refractivity contribution in [1.82, 2.24) is 30.4 Å². The van der Waals surface area contributed by atoms with E-state index in [1.807, 2.05) is 29.8 Å². The smallest absolute Gasteiger partial charge is 0.303 e. The van der Waals surface area contributed by atoms with Crippen LogP contribution in [0.4, 0.5) is 0 Å². The second kappa shape index (κ2) is 7.81. The second-order valence-electron chi connectivity index (χ2n) is 6.48. The quantitative estimate of drug-likeness (QED) is 0.482. The molecule has 0 fully saturated rings. The molecule has 0 bridgehead atoms. The van der Waals surface area contributed by atoms with Gasteiger partial charge in [-0.2, -0.15) is 10.3 Å². The fourth-order valence-corrected chi connectivity index (χ4v) is 3.71. The number of rotatable bonds is 5. The Bertz CT molecular complexity index is 1170. The van der Waals surface area contributed by atoms with E-state index in [1.165, 1.54) is 6.92 Å². The summed E-state index contributed by atoms with van der Waals surface area (Å²) in [4.78, 5) is 11.6. The van der Waals surface area contributed by atoms with E-state index in [4.69, 9.17) is 27.9 Å². The number of tetrazole rings is 1. The van der Waals surface area contributed by atoms with E-state index in [2.05, 4.69) is 25.7 Å². The normalized spacial score (nSPS) is 12.3. The van der Waals surface area contributed by atoms with Crippen LogP contribution < -0.4 is 0 Å². The minimum atomic E-state index is -0.789. The Balaban J connectivity index is 1.81. The number of fused-ring (bicyclic) bond motifs is 1. The molecule has 2 aromatic carbocycles. The highest BCUT2D eigenvalue weighted by Gasteiger charge is 2.23. The van der Waals surface area contributed by atoms with Crippen LogP contribution in [0.3, 0.4) is 0 Å². The van der Waals surface area contributed by atoms with E-state index >= 15 is 0 Å². The van der Waals surface area contributed by atoms with Crippen LogP contribution in [0.1, 0.15) is 35.7 Å². The molecule has 1 atom stereocenters. The zero-order valence-electron chi connectivity index (χ0n) is 15.6. The van der Waals surface area contributed by atoms with Crippen molar-refractivity contribution in [3.8, 4) is 0 Å². The van der Waals surface area contributed by atoms with Gasteiger partial charge in [-0.15, -0.1) is 10.2 Å². The number of H-pyrrole nitrogens is 1. The maximum absolute atomic E-state index is 11.6. The second-order valence-corrected chi connectivity index (χ2v) is 7.29. The van der Waals surface area contributed by atoms with Crippen molar-refractivity contribution < 1.29 is 9.53 Å². The van der Waals surface area contributed by atoms with Gasteiger partial charge in [0.25, 0.3) is 0 Å². The van der Waals surface area contributed by atoms with E-state index < -0.39 is 12.1 Å². The summed E-state index contributed by atoms with van der Waals surface area (Å²) < 4.78 is 7.26.